The molecule has 3 fully saturated rings. The van der Waals surface area contributed by atoms with E-state index in [-0.39, 0.29) is 45.6 Å². The Hall–Kier alpha value is -0.300. The summed E-state index contributed by atoms with van der Waals surface area (Å²) in [5, 5.41) is 3.45. The van der Waals surface area contributed by atoms with Gasteiger partial charge in [0, 0.05) is 10.4 Å². The molecule has 0 aromatic heterocycles. The molecule has 122 valence electrons. The second-order valence-corrected chi connectivity index (χ2v) is 8.84. The third-order valence-electron chi connectivity index (χ3n) is 5.12. The van der Waals surface area contributed by atoms with Crippen LogP contribution < -0.4 is 5.32 Å². The summed E-state index contributed by atoms with van der Waals surface area (Å²) in [6.45, 7) is 0. The van der Waals surface area contributed by atoms with Crippen LogP contribution in [0.25, 0.3) is 0 Å². The van der Waals surface area contributed by atoms with E-state index >= 15 is 0 Å². The van der Waals surface area contributed by atoms with E-state index in [2.05, 4.69) is 37.2 Å². The minimum atomic E-state index is -0.394. The fourth-order valence-corrected chi connectivity index (χ4v) is 6.03. The van der Waals surface area contributed by atoms with E-state index in [1.807, 2.05) is 0 Å². The smallest absolute Gasteiger partial charge is 0.310 e. The Labute approximate surface area is 159 Å². The summed E-state index contributed by atoms with van der Waals surface area (Å²) in [6, 6.07) is 3.41. The Morgan fingerprint density at radius 3 is 2.74 bits per heavy atom. The van der Waals surface area contributed by atoms with Gasteiger partial charge in [0.05, 0.1) is 32.4 Å². The highest BCUT2D eigenvalue weighted by molar-refractivity contribution is 9.10. The molecule has 1 heterocycles. The third-order valence-corrected chi connectivity index (χ3v) is 8.09. The fourth-order valence-electron chi connectivity index (χ4n) is 4.17. The molecule has 2 aliphatic carbocycles. The predicted octanol–water partition coefficient (Wildman–Crippen LogP) is 4.27. The summed E-state index contributed by atoms with van der Waals surface area (Å²) in [5.41, 5.74) is 0.446. The number of amides is 1. The number of carbonyl (C=O) groups is 2. The summed E-state index contributed by atoms with van der Waals surface area (Å²) >= 11 is 19.2. The second-order valence-electron chi connectivity index (χ2n) is 6.17. The van der Waals surface area contributed by atoms with Crippen LogP contribution in [0.1, 0.15) is 6.42 Å². The van der Waals surface area contributed by atoms with Gasteiger partial charge in [0.1, 0.15) is 6.10 Å². The zero-order chi connectivity index (χ0) is 16.5. The number of hydrogen-bond donors (Lipinski definition) is 1. The van der Waals surface area contributed by atoms with Crippen LogP contribution in [-0.4, -0.2) is 22.8 Å². The van der Waals surface area contributed by atoms with E-state index in [9.17, 15) is 9.59 Å². The van der Waals surface area contributed by atoms with Crippen LogP contribution in [-0.2, 0) is 14.3 Å². The predicted molar refractivity (Wildman–Crippen MR) is 94.0 cm³/mol. The summed E-state index contributed by atoms with van der Waals surface area (Å²) < 4.78 is 6.08. The first-order valence-electron chi connectivity index (χ1n) is 7.19. The highest BCUT2D eigenvalue weighted by Crippen LogP contribution is 2.60. The van der Waals surface area contributed by atoms with Crippen LogP contribution in [0.4, 0.5) is 5.69 Å². The molecule has 3 aliphatic rings. The maximum absolute atomic E-state index is 12.8. The largest absolute Gasteiger partial charge is 0.461 e. The number of halogens is 4. The van der Waals surface area contributed by atoms with Crippen LogP contribution in [0, 0.1) is 23.7 Å². The van der Waals surface area contributed by atoms with Crippen molar-refractivity contribution < 1.29 is 14.3 Å². The molecular formula is C15H11Br2Cl2NO3. The maximum atomic E-state index is 12.8. The van der Waals surface area contributed by atoms with E-state index in [1.165, 1.54) is 0 Å². The van der Waals surface area contributed by atoms with Gasteiger partial charge in [0.15, 0.2) is 0 Å². The van der Waals surface area contributed by atoms with Gasteiger partial charge in [-0.25, -0.2) is 0 Å². The van der Waals surface area contributed by atoms with Gasteiger partial charge >= 0.3 is 5.97 Å². The molecule has 1 aromatic rings. The van der Waals surface area contributed by atoms with E-state index < -0.39 is 5.92 Å². The van der Waals surface area contributed by atoms with Crippen LogP contribution in [0.15, 0.2) is 16.6 Å². The molecule has 8 heteroatoms. The maximum Gasteiger partial charge on any atom is 0.310 e. The van der Waals surface area contributed by atoms with Gasteiger partial charge < -0.3 is 10.1 Å². The first kappa shape index (κ1) is 16.2. The van der Waals surface area contributed by atoms with Crippen molar-refractivity contribution in [3.63, 3.8) is 0 Å². The molecule has 6 atom stereocenters. The number of fused-ring (bicyclic) bond motifs is 1. The molecule has 4 nitrogen and oxygen atoms in total. The summed E-state index contributed by atoms with van der Waals surface area (Å²) in [5.74, 6) is -0.963. The molecular weight excluding hydrogens is 473 g/mol. The normalized spacial score (nSPS) is 37.1. The van der Waals surface area contributed by atoms with Gasteiger partial charge in [-0.15, -0.1) is 0 Å². The summed E-state index contributed by atoms with van der Waals surface area (Å²) in [7, 11) is 0. The summed E-state index contributed by atoms with van der Waals surface area (Å²) in [6.07, 6.45) is 0.747. The van der Waals surface area contributed by atoms with Crippen LogP contribution in [0.5, 0.6) is 0 Å². The van der Waals surface area contributed by atoms with Crippen molar-refractivity contribution in [2.24, 2.45) is 23.7 Å². The molecule has 2 bridgehead atoms. The number of ether oxygens (including phenoxy) is 1. The van der Waals surface area contributed by atoms with Gasteiger partial charge in [0.25, 0.3) is 0 Å². The Balaban J connectivity index is 1.61. The van der Waals surface area contributed by atoms with Crippen molar-refractivity contribution in [1.29, 1.82) is 0 Å². The Morgan fingerprint density at radius 2 is 2.00 bits per heavy atom. The molecule has 1 aromatic carbocycles. The Bertz CT molecular complexity index is 729. The van der Waals surface area contributed by atoms with Crippen molar-refractivity contribution in [3.05, 3.63) is 26.7 Å². The third kappa shape index (κ3) is 2.29. The van der Waals surface area contributed by atoms with Crippen molar-refractivity contribution in [2.75, 3.05) is 5.32 Å². The van der Waals surface area contributed by atoms with Crippen molar-refractivity contribution in [1.82, 2.24) is 0 Å². The molecule has 1 aliphatic heterocycles. The molecule has 4 rings (SSSR count). The average molecular weight is 484 g/mol. The molecule has 23 heavy (non-hydrogen) atoms. The van der Waals surface area contributed by atoms with E-state index in [1.54, 1.807) is 12.1 Å². The number of alkyl halides is 1. The molecule has 0 radical (unpaired) electrons. The van der Waals surface area contributed by atoms with Crippen LogP contribution in [0.3, 0.4) is 0 Å². The molecule has 1 amide bonds. The first-order valence-corrected chi connectivity index (χ1v) is 9.65. The number of carbonyl (C=O) groups excluding carboxylic acids is 2. The average Bonchev–Trinajstić information content (AvgIpc) is 3.12. The first-order chi connectivity index (χ1) is 10.9. The highest BCUT2D eigenvalue weighted by atomic mass is 79.9. The molecule has 0 spiro atoms. The van der Waals surface area contributed by atoms with E-state index in [4.69, 9.17) is 27.9 Å². The van der Waals surface area contributed by atoms with Crippen LogP contribution in [0.2, 0.25) is 10.0 Å². The Kier molecular flexibility index (Phi) is 3.95. The lowest BCUT2D eigenvalue weighted by Gasteiger charge is -2.27. The Morgan fingerprint density at radius 1 is 1.26 bits per heavy atom. The molecule has 0 unspecified atom stereocenters. The molecule has 1 N–H and O–H groups in total. The number of nitrogens with one attached hydrogen (secondary N) is 1. The minimum absolute atomic E-state index is 0.0370. The fraction of sp³-hybridized carbons (Fsp3) is 0.467. The van der Waals surface area contributed by atoms with E-state index in [0.29, 0.717) is 15.2 Å². The molecule has 1 saturated heterocycles. The van der Waals surface area contributed by atoms with Crippen molar-refractivity contribution in [2.45, 2.75) is 17.4 Å². The second kappa shape index (κ2) is 5.61. The number of anilines is 1. The van der Waals surface area contributed by atoms with Crippen molar-refractivity contribution >= 4 is 72.6 Å². The monoisotopic (exact) mass is 481 g/mol. The lowest BCUT2D eigenvalue weighted by Crippen LogP contribution is -2.40. The SMILES string of the molecule is O=C(Nc1ccc(Br)c(Cl)c1Cl)[C@H]1[C@@H]2C[C@H]3[C@H](OC(=O)[C@@H]31)[C@@H]2Br. The topological polar surface area (TPSA) is 55.4 Å². The highest BCUT2D eigenvalue weighted by Gasteiger charge is 2.67. The minimum Gasteiger partial charge on any atom is -0.461 e. The number of esters is 1. The van der Waals surface area contributed by atoms with Gasteiger partial charge in [-0.1, -0.05) is 39.1 Å². The summed E-state index contributed by atoms with van der Waals surface area (Å²) in [4.78, 5) is 24.9. The van der Waals surface area contributed by atoms with E-state index in [0.717, 1.165) is 6.42 Å². The number of benzene rings is 1. The number of hydrogen-bond acceptors (Lipinski definition) is 3. The van der Waals surface area contributed by atoms with Gasteiger partial charge in [-0.05, 0) is 40.4 Å². The van der Waals surface area contributed by atoms with Gasteiger partial charge in [-0.2, -0.15) is 0 Å². The lowest BCUT2D eigenvalue weighted by molar-refractivity contribution is -0.145. The zero-order valence-corrected chi connectivity index (χ0v) is 16.2. The van der Waals surface area contributed by atoms with Crippen LogP contribution >= 0.6 is 55.1 Å². The number of rotatable bonds is 2. The quantitative estimate of drug-likeness (QED) is 0.388. The van der Waals surface area contributed by atoms with Crippen molar-refractivity contribution in [3.8, 4) is 0 Å². The van der Waals surface area contributed by atoms with Gasteiger partial charge in [0.2, 0.25) is 5.91 Å². The van der Waals surface area contributed by atoms with Gasteiger partial charge in [-0.3, -0.25) is 9.59 Å². The molecule has 2 saturated carbocycles. The zero-order valence-electron chi connectivity index (χ0n) is 11.6. The lowest BCUT2D eigenvalue weighted by atomic mass is 9.79. The standard InChI is InChI=1S/C15H11Br2Cl2NO3/c16-6-1-2-7(12(19)11(6)18)20-14(21)8-4-3-5-9(8)15(22)23-13(5)10(4)17/h1-2,4-5,8-10,13H,3H2,(H,20,21)/t4-,5+,8-,9-,10+,13-/m0/s1.